The molecule has 46 valence electrons. The molecule has 1 aromatic heterocycles. The Kier molecular flexibility index (Phi) is 3.13. The van der Waals surface area contributed by atoms with Gasteiger partial charge in [0.15, 0.2) is 0 Å². The van der Waals surface area contributed by atoms with E-state index in [1.54, 1.807) is 0 Å². The molecule has 1 aromatic carbocycles. The predicted molar refractivity (Wildman–Crippen MR) is 39.4 cm³/mol. The molecule has 0 aliphatic carbocycles. The van der Waals surface area contributed by atoms with Crippen molar-refractivity contribution in [3.05, 3.63) is 36.5 Å². The van der Waals surface area contributed by atoms with Gasteiger partial charge in [0.25, 0.3) is 0 Å². The first-order valence-electron chi connectivity index (χ1n) is 2.99. The van der Waals surface area contributed by atoms with E-state index in [9.17, 15) is 0 Å². The van der Waals surface area contributed by atoms with Crippen molar-refractivity contribution in [2.75, 3.05) is 0 Å². The summed E-state index contributed by atoms with van der Waals surface area (Å²) in [5.74, 6) is 0. The normalized spacial score (nSPS) is 9.20. The fourth-order valence-corrected chi connectivity index (χ4v) is 0.995. The smallest absolute Gasteiger partial charge is 1.00 e. The maximum atomic E-state index is 3.12. The van der Waals surface area contributed by atoms with Crippen molar-refractivity contribution in [1.29, 1.82) is 0 Å². The standard InChI is InChI=1S/C8H7N.K.H/c1-2-4-8-7(3-1)5-6-9-8;;/h1-6,9H;;/q;+1;-1. The van der Waals surface area contributed by atoms with Gasteiger partial charge in [-0.2, -0.15) is 0 Å². The van der Waals surface area contributed by atoms with Crippen LogP contribution in [0.4, 0.5) is 0 Å². The number of aromatic nitrogens is 1. The first kappa shape index (κ1) is 8.49. The molecular formula is C8H8KN. The van der Waals surface area contributed by atoms with Crippen LogP contribution in [0.5, 0.6) is 0 Å². The Morgan fingerprint density at radius 1 is 1.10 bits per heavy atom. The van der Waals surface area contributed by atoms with Gasteiger partial charge < -0.3 is 6.41 Å². The van der Waals surface area contributed by atoms with Crippen molar-refractivity contribution >= 4 is 10.9 Å². The van der Waals surface area contributed by atoms with Gasteiger partial charge in [-0.25, -0.2) is 0 Å². The molecule has 0 spiro atoms. The molecule has 0 saturated carbocycles. The fourth-order valence-electron chi connectivity index (χ4n) is 0.995. The Balaban J connectivity index is 0.000000500. The molecule has 2 heteroatoms. The summed E-state index contributed by atoms with van der Waals surface area (Å²) in [5, 5.41) is 1.28. The number of para-hydroxylation sites is 1. The summed E-state index contributed by atoms with van der Waals surface area (Å²) < 4.78 is 0. The van der Waals surface area contributed by atoms with Crippen molar-refractivity contribution in [2.24, 2.45) is 0 Å². The molecule has 0 amide bonds. The first-order chi connectivity index (χ1) is 4.47. The first-order valence-corrected chi connectivity index (χ1v) is 2.99. The molecule has 0 aliphatic rings. The summed E-state index contributed by atoms with van der Waals surface area (Å²) in [6, 6.07) is 10.3. The van der Waals surface area contributed by atoms with Crippen LogP contribution in [0.1, 0.15) is 1.43 Å². The molecule has 2 rings (SSSR count). The Bertz CT molecular complexity index is 288. The second kappa shape index (κ2) is 3.69. The third kappa shape index (κ3) is 1.52. The van der Waals surface area contributed by atoms with Crippen LogP contribution in [0.15, 0.2) is 36.5 Å². The minimum Gasteiger partial charge on any atom is -1.00 e. The van der Waals surface area contributed by atoms with Gasteiger partial charge in [-0.05, 0) is 17.5 Å². The van der Waals surface area contributed by atoms with Crippen LogP contribution in [0, 0.1) is 0 Å². The largest absolute Gasteiger partial charge is 1.00 e. The molecule has 0 saturated heterocycles. The van der Waals surface area contributed by atoms with E-state index >= 15 is 0 Å². The summed E-state index contributed by atoms with van der Waals surface area (Å²) in [6.45, 7) is 0. The topological polar surface area (TPSA) is 15.8 Å². The average molecular weight is 157 g/mol. The molecular weight excluding hydrogens is 149 g/mol. The molecule has 0 aliphatic heterocycles. The number of H-pyrrole nitrogens is 1. The van der Waals surface area contributed by atoms with Crippen LogP contribution in [0.25, 0.3) is 10.9 Å². The zero-order valence-electron chi connectivity index (χ0n) is 6.96. The Morgan fingerprint density at radius 3 is 2.70 bits per heavy atom. The van der Waals surface area contributed by atoms with Crippen LogP contribution >= 0.6 is 0 Å². The van der Waals surface area contributed by atoms with E-state index in [-0.39, 0.29) is 52.8 Å². The van der Waals surface area contributed by atoms with Crippen molar-refractivity contribution in [3.63, 3.8) is 0 Å². The minimum absolute atomic E-state index is 0. The van der Waals surface area contributed by atoms with Gasteiger partial charge in [0, 0.05) is 11.7 Å². The summed E-state index contributed by atoms with van der Waals surface area (Å²) in [6.07, 6.45) is 1.95. The Hall–Kier alpha value is 0.396. The van der Waals surface area contributed by atoms with Gasteiger partial charge in [-0.1, -0.05) is 18.2 Å². The van der Waals surface area contributed by atoms with E-state index in [1.165, 1.54) is 10.9 Å². The molecule has 0 radical (unpaired) electrons. The minimum atomic E-state index is 0. The molecule has 0 atom stereocenters. The van der Waals surface area contributed by atoms with Crippen molar-refractivity contribution < 1.29 is 52.8 Å². The molecule has 0 bridgehead atoms. The van der Waals surface area contributed by atoms with Gasteiger partial charge in [0.05, 0.1) is 0 Å². The van der Waals surface area contributed by atoms with E-state index in [0.29, 0.717) is 0 Å². The number of hydrogen-bond acceptors (Lipinski definition) is 0. The molecule has 1 N–H and O–H groups in total. The number of aromatic amines is 1. The second-order valence-electron chi connectivity index (χ2n) is 2.06. The molecule has 10 heavy (non-hydrogen) atoms. The SMILES string of the molecule is [H-].[K+].c1ccc2[nH]ccc2c1. The van der Waals surface area contributed by atoms with Crippen molar-refractivity contribution in [1.82, 2.24) is 4.98 Å². The summed E-state index contributed by atoms with van der Waals surface area (Å²) in [7, 11) is 0. The van der Waals surface area contributed by atoms with Gasteiger partial charge in [-0.3, -0.25) is 0 Å². The van der Waals surface area contributed by atoms with E-state index < -0.39 is 0 Å². The zero-order chi connectivity index (χ0) is 6.10. The van der Waals surface area contributed by atoms with E-state index in [0.717, 1.165) is 0 Å². The third-order valence-electron chi connectivity index (χ3n) is 1.46. The molecule has 0 unspecified atom stereocenters. The van der Waals surface area contributed by atoms with Gasteiger partial charge in [-0.15, -0.1) is 0 Å². The number of fused-ring (bicyclic) bond motifs is 1. The maximum Gasteiger partial charge on any atom is 1.00 e. The molecule has 1 nitrogen and oxygen atoms in total. The monoisotopic (exact) mass is 157 g/mol. The van der Waals surface area contributed by atoms with E-state index in [1.807, 2.05) is 18.3 Å². The molecule has 0 fully saturated rings. The van der Waals surface area contributed by atoms with Crippen LogP contribution in [-0.2, 0) is 0 Å². The maximum absolute atomic E-state index is 3.12. The van der Waals surface area contributed by atoms with Crippen molar-refractivity contribution in [2.45, 2.75) is 0 Å². The molecule has 2 aromatic rings. The Morgan fingerprint density at radius 2 is 1.90 bits per heavy atom. The average Bonchev–Trinajstić information content (AvgIpc) is 2.33. The quantitative estimate of drug-likeness (QED) is 0.486. The number of rotatable bonds is 0. The van der Waals surface area contributed by atoms with E-state index in [2.05, 4.69) is 23.2 Å². The van der Waals surface area contributed by atoms with Gasteiger partial charge in [0.2, 0.25) is 0 Å². The Labute approximate surface area is 104 Å². The van der Waals surface area contributed by atoms with Crippen LogP contribution in [0.3, 0.4) is 0 Å². The van der Waals surface area contributed by atoms with Gasteiger partial charge >= 0.3 is 51.4 Å². The van der Waals surface area contributed by atoms with Crippen LogP contribution < -0.4 is 51.4 Å². The number of hydrogen-bond donors (Lipinski definition) is 1. The molecule has 1 heterocycles. The van der Waals surface area contributed by atoms with Crippen molar-refractivity contribution in [3.8, 4) is 0 Å². The second-order valence-corrected chi connectivity index (χ2v) is 2.06. The fraction of sp³-hybridized carbons (Fsp3) is 0. The zero-order valence-corrected chi connectivity index (χ0v) is 9.09. The van der Waals surface area contributed by atoms with E-state index in [4.69, 9.17) is 0 Å². The third-order valence-corrected chi connectivity index (χ3v) is 1.46. The summed E-state index contributed by atoms with van der Waals surface area (Å²) >= 11 is 0. The number of benzene rings is 1. The number of nitrogens with one attached hydrogen (secondary N) is 1. The van der Waals surface area contributed by atoms with Crippen LogP contribution in [0.2, 0.25) is 0 Å². The van der Waals surface area contributed by atoms with Crippen LogP contribution in [-0.4, -0.2) is 4.98 Å². The summed E-state index contributed by atoms with van der Waals surface area (Å²) in [5.41, 5.74) is 1.21. The predicted octanol–water partition coefficient (Wildman–Crippen LogP) is -0.716. The summed E-state index contributed by atoms with van der Waals surface area (Å²) in [4.78, 5) is 3.12. The van der Waals surface area contributed by atoms with Gasteiger partial charge in [0.1, 0.15) is 0 Å².